The van der Waals surface area contributed by atoms with E-state index >= 15 is 0 Å². The van der Waals surface area contributed by atoms with Crippen molar-refractivity contribution in [3.05, 3.63) is 47.5 Å². The van der Waals surface area contributed by atoms with Gasteiger partial charge in [0.25, 0.3) is 0 Å². The summed E-state index contributed by atoms with van der Waals surface area (Å²) in [7, 11) is 0. The van der Waals surface area contributed by atoms with Crippen LogP contribution < -0.4 is 5.32 Å². The van der Waals surface area contributed by atoms with Gasteiger partial charge in [0, 0.05) is 25.0 Å². The standard InChI is InChI=1S/C15H19FN4/c1-2-20-12(10-18-19-20)9-17-11-15(7-8-15)13-5-3-4-6-14(13)16/h3-6,10,17H,2,7-9,11H2,1H3. The highest BCUT2D eigenvalue weighted by Gasteiger charge is 2.45. The largest absolute Gasteiger partial charge is 0.310 e. The highest BCUT2D eigenvalue weighted by atomic mass is 19.1. The number of rotatable bonds is 6. The van der Waals surface area contributed by atoms with E-state index in [2.05, 4.69) is 15.6 Å². The second-order valence-corrected chi connectivity index (χ2v) is 5.40. The van der Waals surface area contributed by atoms with Crippen molar-refractivity contribution in [2.75, 3.05) is 6.54 Å². The number of hydrogen-bond donors (Lipinski definition) is 1. The van der Waals surface area contributed by atoms with E-state index in [1.54, 1.807) is 18.3 Å². The van der Waals surface area contributed by atoms with Crippen LogP contribution in [-0.4, -0.2) is 21.5 Å². The Morgan fingerprint density at radius 2 is 2.15 bits per heavy atom. The summed E-state index contributed by atoms with van der Waals surface area (Å²) in [6.07, 6.45) is 3.87. The Kier molecular flexibility index (Phi) is 3.53. The first kappa shape index (κ1) is 13.2. The minimum absolute atomic E-state index is 0.0180. The SMILES string of the molecule is CCn1nncc1CNCC1(c2ccccc2F)CC1. The highest BCUT2D eigenvalue weighted by Crippen LogP contribution is 2.48. The molecule has 1 fully saturated rings. The summed E-state index contributed by atoms with van der Waals surface area (Å²) in [5.41, 5.74) is 1.89. The molecule has 1 aromatic carbocycles. The smallest absolute Gasteiger partial charge is 0.127 e. The van der Waals surface area contributed by atoms with Crippen LogP contribution in [0.4, 0.5) is 4.39 Å². The fourth-order valence-electron chi connectivity index (χ4n) is 2.70. The first-order chi connectivity index (χ1) is 9.75. The number of aryl methyl sites for hydroxylation is 1. The van der Waals surface area contributed by atoms with Crippen LogP contribution in [0.5, 0.6) is 0 Å². The van der Waals surface area contributed by atoms with Crippen LogP contribution in [0.25, 0.3) is 0 Å². The lowest BCUT2D eigenvalue weighted by Gasteiger charge is -2.17. The molecule has 1 aliphatic carbocycles. The quantitative estimate of drug-likeness (QED) is 0.878. The van der Waals surface area contributed by atoms with Gasteiger partial charge in [-0.15, -0.1) is 5.10 Å². The van der Waals surface area contributed by atoms with Crippen LogP contribution in [0.3, 0.4) is 0 Å². The van der Waals surface area contributed by atoms with Gasteiger partial charge in [-0.1, -0.05) is 23.4 Å². The summed E-state index contributed by atoms with van der Waals surface area (Å²) in [6, 6.07) is 7.11. The maximum atomic E-state index is 13.9. The lowest BCUT2D eigenvalue weighted by molar-refractivity contribution is 0.513. The minimum Gasteiger partial charge on any atom is -0.310 e. The first-order valence-corrected chi connectivity index (χ1v) is 7.08. The van der Waals surface area contributed by atoms with Gasteiger partial charge in [0.2, 0.25) is 0 Å². The molecule has 106 valence electrons. The summed E-state index contributed by atoms with van der Waals surface area (Å²) in [5.74, 6) is -0.0907. The van der Waals surface area contributed by atoms with E-state index in [0.29, 0.717) is 0 Å². The molecule has 1 saturated carbocycles. The fraction of sp³-hybridized carbons (Fsp3) is 0.467. The van der Waals surface area contributed by atoms with Crippen molar-refractivity contribution in [2.45, 2.75) is 38.3 Å². The molecule has 1 aliphatic rings. The van der Waals surface area contributed by atoms with Gasteiger partial charge < -0.3 is 5.32 Å². The van der Waals surface area contributed by atoms with Crippen molar-refractivity contribution < 1.29 is 4.39 Å². The van der Waals surface area contributed by atoms with Crippen molar-refractivity contribution in [2.24, 2.45) is 0 Å². The molecule has 0 radical (unpaired) electrons. The van der Waals surface area contributed by atoms with E-state index in [-0.39, 0.29) is 11.2 Å². The van der Waals surface area contributed by atoms with Gasteiger partial charge >= 0.3 is 0 Å². The third-order valence-electron chi connectivity index (χ3n) is 4.07. The van der Waals surface area contributed by atoms with Crippen LogP contribution in [-0.2, 0) is 18.5 Å². The van der Waals surface area contributed by atoms with E-state index in [9.17, 15) is 4.39 Å². The van der Waals surface area contributed by atoms with E-state index in [1.807, 2.05) is 23.7 Å². The predicted octanol–water partition coefficient (Wildman–Crippen LogP) is 2.26. The molecule has 1 heterocycles. The zero-order valence-corrected chi connectivity index (χ0v) is 11.6. The summed E-state index contributed by atoms with van der Waals surface area (Å²) >= 11 is 0. The van der Waals surface area contributed by atoms with E-state index in [0.717, 1.165) is 43.7 Å². The van der Waals surface area contributed by atoms with Gasteiger partial charge in [-0.2, -0.15) is 0 Å². The Morgan fingerprint density at radius 1 is 1.35 bits per heavy atom. The Bertz CT molecular complexity index is 589. The van der Waals surface area contributed by atoms with Gasteiger partial charge in [-0.05, 0) is 31.4 Å². The van der Waals surface area contributed by atoms with E-state index < -0.39 is 0 Å². The number of benzene rings is 1. The van der Waals surface area contributed by atoms with Gasteiger partial charge in [0.05, 0.1) is 11.9 Å². The summed E-state index contributed by atoms with van der Waals surface area (Å²) < 4.78 is 15.8. The summed E-state index contributed by atoms with van der Waals surface area (Å²) in [5, 5.41) is 11.3. The molecule has 0 amide bonds. The number of aromatic nitrogens is 3. The second-order valence-electron chi connectivity index (χ2n) is 5.40. The average Bonchev–Trinajstić information content (AvgIpc) is 3.10. The third-order valence-corrected chi connectivity index (χ3v) is 4.07. The molecule has 5 heteroatoms. The summed E-state index contributed by atoms with van der Waals surface area (Å²) in [6.45, 7) is 4.37. The molecule has 0 spiro atoms. The normalized spacial score (nSPS) is 16.3. The Morgan fingerprint density at radius 3 is 2.85 bits per heavy atom. The Hall–Kier alpha value is -1.75. The van der Waals surface area contributed by atoms with Gasteiger partial charge in [0.1, 0.15) is 5.82 Å². The van der Waals surface area contributed by atoms with Crippen LogP contribution in [0, 0.1) is 5.82 Å². The van der Waals surface area contributed by atoms with Crippen LogP contribution in [0.15, 0.2) is 30.5 Å². The lowest BCUT2D eigenvalue weighted by Crippen LogP contribution is -2.28. The number of nitrogens with zero attached hydrogens (tertiary/aromatic N) is 3. The van der Waals surface area contributed by atoms with Crippen molar-refractivity contribution in [3.8, 4) is 0 Å². The summed E-state index contributed by atoms with van der Waals surface area (Å²) in [4.78, 5) is 0. The first-order valence-electron chi connectivity index (χ1n) is 7.08. The van der Waals surface area contributed by atoms with Crippen molar-refractivity contribution >= 4 is 0 Å². The Balaban J connectivity index is 1.63. The third kappa shape index (κ3) is 2.45. The second kappa shape index (κ2) is 5.32. The number of nitrogens with one attached hydrogen (secondary N) is 1. The van der Waals surface area contributed by atoms with Gasteiger partial charge in [-0.25, -0.2) is 9.07 Å². The molecule has 4 nitrogen and oxygen atoms in total. The molecular weight excluding hydrogens is 255 g/mol. The zero-order chi connectivity index (χ0) is 14.0. The average molecular weight is 274 g/mol. The van der Waals surface area contributed by atoms with Crippen molar-refractivity contribution in [3.63, 3.8) is 0 Å². The molecule has 0 bridgehead atoms. The molecule has 20 heavy (non-hydrogen) atoms. The van der Waals surface area contributed by atoms with Crippen molar-refractivity contribution in [1.82, 2.24) is 20.3 Å². The molecule has 0 atom stereocenters. The van der Waals surface area contributed by atoms with Gasteiger partial charge in [0.15, 0.2) is 0 Å². The molecular formula is C15H19FN4. The van der Waals surface area contributed by atoms with E-state index in [4.69, 9.17) is 0 Å². The fourth-order valence-corrected chi connectivity index (χ4v) is 2.70. The maximum absolute atomic E-state index is 13.9. The van der Waals surface area contributed by atoms with Crippen LogP contribution in [0.1, 0.15) is 31.0 Å². The molecule has 3 rings (SSSR count). The molecule has 2 aromatic rings. The van der Waals surface area contributed by atoms with Gasteiger partial charge in [-0.3, -0.25) is 0 Å². The molecule has 1 aromatic heterocycles. The zero-order valence-electron chi connectivity index (χ0n) is 11.6. The molecule has 0 unspecified atom stereocenters. The topological polar surface area (TPSA) is 42.7 Å². The van der Waals surface area contributed by atoms with Crippen molar-refractivity contribution in [1.29, 1.82) is 0 Å². The minimum atomic E-state index is -0.0907. The monoisotopic (exact) mass is 274 g/mol. The number of hydrogen-bond acceptors (Lipinski definition) is 3. The maximum Gasteiger partial charge on any atom is 0.127 e. The van der Waals surface area contributed by atoms with E-state index in [1.165, 1.54) is 0 Å². The highest BCUT2D eigenvalue weighted by molar-refractivity contribution is 5.33. The molecule has 0 saturated heterocycles. The lowest BCUT2D eigenvalue weighted by atomic mass is 9.95. The van der Waals surface area contributed by atoms with Crippen LogP contribution >= 0.6 is 0 Å². The molecule has 0 aliphatic heterocycles. The van der Waals surface area contributed by atoms with Crippen LogP contribution in [0.2, 0.25) is 0 Å². The Labute approximate surface area is 118 Å². The predicted molar refractivity (Wildman–Crippen MR) is 74.7 cm³/mol. The molecule has 1 N–H and O–H groups in total. The number of halogens is 1.